The minimum Gasteiger partial charge on any atom is -0.312 e. The van der Waals surface area contributed by atoms with Gasteiger partial charge in [0.1, 0.15) is 0 Å². The topological polar surface area (TPSA) is 57.7 Å². The first kappa shape index (κ1) is 14.5. The van der Waals surface area contributed by atoms with E-state index in [9.17, 15) is 13.2 Å². The second-order valence-electron chi connectivity index (χ2n) is 5.71. The average Bonchev–Trinajstić information content (AvgIpc) is 3.10. The van der Waals surface area contributed by atoms with E-state index in [2.05, 4.69) is 0 Å². The minimum atomic E-state index is -3.39. The molecule has 1 amide bonds. The van der Waals surface area contributed by atoms with Gasteiger partial charge in [0.2, 0.25) is 15.9 Å². The van der Waals surface area contributed by atoms with Crippen molar-refractivity contribution in [1.82, 2.24) is 4.31 Å². The minimum absolute atomic E-state index is 0.119. The van der Waals surface area contributed by atoms with E-state index in [1.165, 1.54) is 0 Å². The molecule has 21 heavy (non-hydrogen) atoms. The van der Waals surface area contributed by atoms with Crippen LogP contribution in [0.3, 0.4) is 0 Å². The Hall–Kier alpha value is -1.40. The first-order valence-electron chi connectivity index (χ1n) is 7.41. The Morgan fingerprint density at radius 2 is 1.76 bits per heavy atom. The molecule has 2 saturated heterocycles. The number of amides is 1. The van der Waals surface area contributed by atoms with E-state index in [-0.39, 0.29) is 5.91 Å². The molecule has 2 aliphatic rings. The lowest BCUT2D eigenvalue weighted by Gasteiger charge is -2.20. The monoisotopic (exact) mass is 308 g/mol. The number of benzene rings is 1. The van der Waals surface area contributed by atoms with Crippen LogP contribution in [0.2, 0.25) is 0 Å². The summed E-state index contributed by atoms with van der Waals surface area (Å²) in [5.74, 6) is 0.119. The molecule has 0 radical (unpaired) electrons. The fourth-order valence-corrected chi connectivity index (χ4v) is 4.67. The predicted molar refractivity (Wildman–Crippen MR) is 80.8 cm³/mol. The summed E-state index contributed by atoms with van der Waals surface area (Å²) in [5, 5.41) is 0. The van der Waals surface area contributed by atoms with E-state index in [1.807, 2.05) is 6.92 Å². The van der Waals surface area contributed by atoms with E-state index < -0.39 is 10.0 Å². The van der Waals surface area contributed by atoms with Gasteiger partial charge in [-0.1, -0.05) is 0 Å². The first-order valence-corrected chi connectivity index (χ1v) is 8.85. The summed E-state index contributed by atoms with van der Waals surface area (Å²) < 4.78 is 26.6. The molecular formula is C15H20N2O3S. The third kappa shape index (κ3) is 2.58. The van der Waals surface area contributed by atoms with Crippen LogP contribution >= 0.6 is 0 Å². The van der Waals surface area contributed by atoms with Crippen molar-refractivity contribution in [1.29, 1.82) is 0 Å². The van der Waals surface area contributed by atoms with Crippen LogP contribution < -0.4 is 4.90 Å². The van der Waals surface area contributed by atoms with E-state index >= 15 is 0 Å². The Kier molecular flexibility index (Phi) is 3.75. The van der Waals surface area contributed by atoms with Gasteiger partial charge < -0.3 is 4.90 Å². The summed E-state index contributed by atoms with van der Waals surface area (Å²) in [6.07, 6.45) is 3.30. The van der Waals surface area contributed by atoms with Crippen LogP contribution in [0.4, 0.5) is 5.69 Å². The number of hydrogen-bond acceptors (Lipinski definition) is 3. The second kappa shape index (κ2) is 5.42. The molecular weight excluding hydrogens is 288 g/mol. The lowest BCUT2D eigenvalue weighted by molar-refractivity contribution is -0.117. The Morgan fingerprint density at radius 1 is 1.05 bits per heavy atom. The summed E-state index contributed by atoms with van der Waals surface area (Å²) >= 11 is 0. The Labute approximate surface area is 125 Å². The molecule has 2 aliphatic heterocycles. The maximum absolute atomic E-state index is 12.5. The van der Waals surface area contributed by atoms with Crippen molar-refractivity contribution in [3.05, 3.63) is 23.8 Å². The van der Waals surface area contributed by atoms with Crippen molar-refractivity contribution < 1.29 is 13.2 Å². The summed E-state index contributed by atoms with van der Waals surface area (Å²) in [6.45, 7) is 3.79. The molecule has 0 aromatic heterocycles. The van der Waals surface area contributed by atoms with Gasteiger partial charge in [0, 0.05) is 31.7 Å². The highest BCUT2D eigenvalue weighted by atomic mass is 32.2. The van der Waals surface area contributed by atoms with Gasteiger partial charge >= 0.3 is 0 Å². The van der Waals surface area contributed by atoms with Crippen LogP contribution in [0.5, 0.6) is 0 Å². The SMILES string of the molecule is Cc1cc(S(=O)(=O)N2CCCC2)ccc1N1CCCC1=O. The van der Waals surface area contributed by atoms with Crippen LogP contribution in [0, 0.1) is 6.92 Å². The van der Waals surface area contributed by atoms with Gasteiger partial charge in [0.25, 0.3) is 0 Å². The van der Waals surface area contributed by atoms with Gasteiger partial charge in [-0.05, 0) is 49.9 Å². The molecule has 0 unspecified atom stereocenters. The molecule has 0 N–H and O–H groups in total. The zero-order valence-corrected chi connectivity index (χ0v) is 13.0. The molecule has 0 atom stereocenters. The van der Waals surface area contributed by atoms with E-state index in [1.54, 1.807) is 27.4 Å². The lowest BCUT2D eigenvalue weighted by atomic mass is 10.2. The van der Waals surface area contributed by atoms with Crippen LogP contribution in [0.1, 0.15) is 31.2 Å². The molecule has 0 aliphatic carbocycles. The molecule has 6 heteroatoms. The number of aryl methyl sites for hydroxylation is 1. The molecule has 5 nitrogen and oxygen atoms in total. The highest BCUT2D eigenvalue weighted by Crippen LogP contribution is 2.29. The van der Waals surface area contributed by atoms with Crippen molar-refractivity contribution in [3.8, 4) is 0 Å². The summed E-state index contributed by atoms with van der Waals surface area (Å²) in [5.41, 5.74) is 1.67. The molecule has 3 rings (SSSR count). The number of anilines is 1. The molecule has 0 saturated carbocycles. The van der Waals surface area contributed by atoms with Gasteiger partial charge in [0.15, 0.2) is 0 Å². The van der Waals surface area contributed by atoms with E-state index in [0.717, 1.165) is 37.1 Å². The van der Waals surface area contributed by atoms with Crippen LogP contribution in [-0.4, -0.2) is 38.3 Å². The largest absolute Gasteiger partial charge is 0.312 e. The molecule has 0 bridgehead atoms. The first-order chi connectivity index (χ1) is 10.00. The second-order valence-corrected chi connectivity index (χ2v) is 7.65. The van der Waals surface area contributed by atoms with Crippen LogP contribution in [-0.2, 0) is 14.8 Å². The third-order valence-electron chi connectivity index (χ3n) is 4.24. The fraction of sp³-hybridized carbons (Fsp3) is 0.533. The van der Waals surface area contributed by atoms with Gasteiger partial charge in [-0.2, -0.15) is 4.31 Å². The third-order valence-corrected chi connectivity index (χ3v) is 6.13. The zero-order chi connectivity index (χ0) is 15.0. The molecule has 114 valence electrons. The molecule has 1 aromatic carbocycles. The van der Waals surface area contributed by atoms with Crippen LogP contribution in [0.15, 0.2) is 23.1 Å². The van der Waals surface area contributed by atoms with Gasteiger partial charge in [-0.25, -0.2) is 8.42 Å². The quantitative estimate of drug-likeness (QED) is 0.857. The Morgan fingerprint density at radius 3 is 2.33 bits per heavy atom. The molecule has 2 heterocycles. The summed E-state index contributed by atoms with van der Waals surface area (Å²) in [7, 11) is -3.39. The number of rotatable bonds is 3. The van der Waals surface area contributed by atoms with Crippen LogP contribution in [0.25, 0.3) is 0 Å². The van der Waals surface area contributed by atoms with Crippen molar-refractivity contribution in [2.45, 2.75) is 37.5 Å². The Bertz CT molecular complexity index is 663. The molecule has 1 aromatic rings. The summed E-state index contributed by atoms with van der Waals surface area (Å²) in [4.78, 5) is 13.9. The van der Waals surface area contributed by atoms with E-state index in [4.69, 9.17) is 0 Å². The number of sulfonamides is 1. The fourth-order valence-electron chi connectivity index (χ4n) is 3.07. The average molecular weight is 308 g/mol. The highest BCUT2D eigenvalue weighted by Gasteiger charge is 2.28. The van der Waals surface area contributed by atoms with Crippen molar-refractivity contribution >= 4 is 21.6 Å². The van der Waals surface area contributed by atoms with E-state index in [0.29, 0.717) is 24.4 Å². The number of hydrogen-bond donors (Lipinski definition) is 0. The van der Waals surface area contributed by atoms with Gasteiger partial charge in [-0.15, -0.1) is 0 Å². The predicted octanol–water partition coefficient (Wildman–Crippen LogP) is 1.91. The number of nitrogens with zero attached hydrogens (tertiary/aromatic N) is 2. The number of carbonyl (C=O) groups is 1. The number of carbonyl (C=O) groups excluding carboxylic acids is 1. The van der Waals surface area contributed by atoms with Gasteiger partial charge in [0.05, 0.1) is 4.90 Å². The maximum atomic E-state index is 12.5. The van der Waals surface area contributed by atoms with Gasteiger partial charge in [-0.3, -0.25) is 4.79 Å². The summed E-state index contributed by atoms with van der Waals surface area (Å²) in [6, 6.07) is 5.08. The smallest absolute Gasteiger partial charge is 0.243 e. The maximum Gasteiger partial charge on any atom is 0.243 e. The Balaban J connectivity index is 1.92. The lowest BCUT2D eigenvalue weighted by Crippen LogP contribution is -2.28. The highest BCUT2D eigenvalue weighted by molar-refractivity contribution is 7.89. The molecule has 0 spiro atoms. The standard InChI is InChI=1S/C15H20N2O3S/c1-12-11-13(21(19,20)16-8-2-3-9-16)6-7-14(12)17-10-4-5-15(17)18/h6-7,11H,2-5,8-10H2,1H3. The van der Waals surface area contributed by atoms with Crippen molar-refractivity contribution in [2.24, 2.45) is 0 Å². The normalized spacial score (nSPS) is 20.4. The zero-order valence-electron chi connectivity index (χ0n) is 12.2. The van der Waals surface area contributed by atoms with Crippen molar-refractivity contribution in [2.75, 3.05) is 24.5 Å². The van der Waals surface area contributed by atoms with Crippen molar-refractivity contribution in [3.63, 3.8) is 0 Å². The molecule has 2 fully saturated rings.